The van der Waals surface area contributed by atoms with Crippen LogP contribution in [0.4, 0.5) is 0 Å². The van der Waals surface area contributed by atoms with Gasteiger partial charge in [0.05, 0.1) is 11.9 Å². The first-order valence-corrected chi connectivity index (χ1v) is 10.2. The van der Waals surface area contributed by atoms with Crippen molar-refractivity contribution in [3.63, 3.8) is 0 Å². The molecule has 2 N–H and O–H groups in total. The van der Waals surface area contributed by atoms with E-state index >= 15 is 0 Å². The molecule has 0 saturated heterocycles. The van der Waals surface area contributed by atoms with Crippen molar-refractivity contribution in [2.24, 2.45) is 5.10 Å². The molecular formula is C23H17BrN4O. The van der Waals surface area contributed by atoms with Gasteiger partial charge in [0.15, 0.2) is 0 Å². The number of hydrazone groups is 1. The lowest BCUT2D eigenvalue weighted by atomic mass is 9.98. The Labute approximate surface area is 176 Å². The van der Waals surface area contributed by atoms with Gasteiger partial charge in [-0.1, -0.05) is 58.4 Å². The molecule has 3 aromatic carbocycles. The smallest absolute Gasteiger partial charge is 0.272 e. The van der Waals surface area contributed by atoms with E-state index in [4.69, 9.17) is 0 Å². The summed E-state index contributed by atoms with van der Waals surface area (Å²) >= 11 is 3.39. The Morgan fingerprint density at radius 1 is 1.07 bits per heavy atom. The van der Waals surface area contributed by atoms with Crippen LogP contribution in [0.1, 0.15) is 27.2 Å². The number of hydrogen-bond acceptors (Lipinski definition) is 3. The standard InChI is InChI=1S/C23H17BrN4O/c24-17-9-4-14(5-10-17)13-25-28-23(29)21-12-20(26-27-21)18-11-8-16-7-6-15-2-1-3-19(18)22(15)16/h1-5,8-13H,6-7H2,(H,26,27)(H,28,29)/b25-13-. The van der Waals surface area contributed by atoms with E-state index < -0.39 is 0 Å². The van der Waals surface area contributed by atoms with Gasteiger partial charge in [0.25, 0.3) is 5.91 Å². The van der Waals surface area contributed by atoms with Crippen molar-refractivity contribution < 1.29 is 4.79 Å². The van der Waals surface area contributed by atoms with Crippen LogP contribution in [0.2, 0.25) is 0 Å². The number of aromatic amines is 1. The number of hydrogen-bond donors (Lipinski definition) is 2. The fourth-order valence-electron chi connectivity index (χ4n) is 3.82. The van der Waals surface area contributed by atoms with E-state index in [0.717, 1.165) is 34.1 Å². The molecular weight excluding hydrogens is 428 g/mol. The summed E-state index contributed by atoms with van der Waals surface area (Å²) in [4.78, 5) is 12.4. The van der Waals surface area contributed by atoms with E-state index in [-0.39, 0.29) is 5.91 Å². The Hall–Kier alpha value is -3.25. The maximum Gasteiger partial charge on any atom is 0.289 e. The number of benzene rings is 3. The van der Waals surface area contributed by atoms with Crippen LogP contribution in [0.3, 0.4) is 0 Å². The van der Waals surface area contributed by atoms with Crippen molar-refractivity contribution in [1.29, 1.82) is 0 Å². The maximum absolute atomic E-state index is 12.4. The zero-order valence-electron chi connectivity index (χ0n) is 15.4. The van der Waals surface area contributed by atoms with Crippen LogP contribution in [0.15, 0.2) is 70.2 Å². The highest BCUT2D eigenvalue weighted by Gasteiger charge is 2.18. The minimum absolute atomic E-state index is 0.331. The lowest BCUT2D eigenvalue weighted by molar-refractivity contribution is 0.0950. The molecule has 0 saturated carbocycles. The molecule has 1 aliphatic rings. The van der Waals surface area contributed by atoms with Gasteiger partial charge in [0.1, 0.15) is 5.69 Å². The number of nitrogens with one attached hydrogen (secondary N) is 2. The monoisotopic (exact) mass is 444 g/mol. The summed E-state index contributed by atoms with van der Waals surface area (Å²) < 4.78 is 0.992. The summed E-state index contributed by atoms with van der Waals surface area (Å²) in [6.07, 6.45) is 3.77. The lowest BCUT2D eigenvalue weighted by Gasteiger charge is -2.06. The van der Waals surface area contributed by atoms with E-state index in [1.165, 1.54) is 21.9 Å². The van der Waals surface area contributed by atoms with Crippen molar-refractivity contribution in [3.05, 3.63) is 87.5 Å². The highest BCUT2D eigenvalue weighted by Crippen LogP contribution is 2.36. The fraction of sp³-hybridized carbons (Fsp3) is 0.0870. The van der Waals surface area contributed by atoms with Crippen molar-refractivity contribution in [2.75, 3.05) is 0 Å². The van der Waals surface area contributed by atoms with E-state index in [9.17, 15) is 4.79 Å². The predicted octanol–water partition coefficient (Wildman–Crippen LogP) is 4.85. The molecule has 0 fully saturated rings. The first-order chi connectivity index (χ1) is 14.2. The van der Waals surface area contributed by atoms with Gasteiger partial charge in [-0.3, -0.25) is 9.89 Å². The summed E-state index contributed by atoms with van der Waals surface area (Å²) in [7, 11) is 0. The zero-order valence-corrected chi connectivity index (χ0v) is 17.0. The zero-order chi connectivity index (χ0) is 19.8. The van der Waals surface area contributed by atoms with Crippen LogP contribution >= 0.6 is 15.9 Å². The van der Waals surface area contributed by atoms with Crippen molar-refractivity contribution in [3.8, 4) is 11.3 Å². The molecule has 0 bridgehead atoms. The molecule has 0 radical (unpaired) electrons. The highest BCUT2D eigenvalue weighted by atomic mass is 79.9. The number of carbonyl (C=O) groups excluding carboxylic acids is 1. The molecule has 4 aromatic rings. The average molecular weight is 445 g/mol. The first kappa shape index (κ1) is 17.8. The van der Waals surface area contributed by atoms with Crippen LogP contribution in [-0.4, -0.2) is 22.3 Å². The minimum atomic E-state index is -0.331. The number of aryl methyl sites for hydroxylation is 2. The lowest BCUT2D eigenvalue weighted by Crippen LogP contribution is -2.17. The van der Waals surface area contributed by atoms with Gasteiger partial charge >= 0.3 is 0 Å². The Morgan fingerprint density at radius 2 is 1.86 bits per heavy atom. The second-order valence-corrected chi connectivity index (χ2v) is 7.95. The van der Waals surface area contributed by atoms with Crippen molar-refractivity contribution in [1.82, 2.24) is 15.6 Å². The summed E-state index contributed by atoms with van der Waals surface area (Å²) in [6.45, 7) is 0. The molecule has 1 aliphatic carbocycles. The van der Waals surface area contributed by atoms with Gasteiger partial charge in [0.2, 0.25) is 0 Å². The Bertz CT molecular complexity index is 1250. The number of rotatable bonds is 4. The van der Waals surface area contributed by atoms with Gasteiger partial charge < -0.3 is 0 Å². The SMILES string of the molecule is O=C(N/N=C\c1ccc(Br)cc1)c1cc(-c2ccc3c4c(cccc24)CC3)n[nH]1. The highest BCUT2D eigenvalue weighted by molar-refractivity contribution is 9.10. The van der Waals surface area contributed by atoms with E-state index in [0.29, 0.717) is 5.69 Å². The van der Waals surface area contributed by atoms with Crippen LogP contribution in [0, 0.1) is 0 Å². The quantitative estimate of drug-likeness (QED) is 0.348. The minimum Gasteiger partial charge on any atom is -0.272 e. The molecule has 29 heavy (non-hydrogen) atoms. The molecule has 1 aromatic heterocycles. The third-order valence-corrected chi connectivity index (χ3v) is 5.75. The number of amides is 1. The molecule has 0 spiro atoms. The molecule has 5 nitrogen and oxygen atoms in total. The summed E-state index contributed by atoms with van der Waals surface area (Å²) in [5, 5.41) is 13.7. The molecule has 6 heteroatoms. The number of nitrogens with zero attached hydrogens (tertiary/aromatic N) is 2. The Kier molecular flexibility index (Phi) is 4.48. The van der Waals surface area contributed by atoms with Crippen molar-refractivity contribution in [2.45, 2.75) is 12.8 Å². The van der Waals surface area contributed by atoms with Gasteiger partial charge in [-0.25, -0.2) is 5.43 Å². The van der Waals surface area contributed by atoms with E-state index in [1.807, 2.05) is 24.3 Å². The average Bonchev–Trinajstić information content (AvgIpc) is 3.39. The third kappa shape index (κ3) is 3.36. The summed E-state index contributed by atoms with van der Waals surface area (Å²) in [6, 6.07) is 20.1. The summed E-state index contributed by atoms with van der Waals surface area (Å²) in [5.74, 6) is -0.331. The van der Waals surface area contributed by atoms with Crippen LogP contribution in [-0.2, 0) is 12.8 Å². The molecule has 0 aliphatic heterocycles. The number of carbonyl (C=O) groups is 1. The summed E-state index contributed by atoms with van der Waals surface area (Å²) in [5.41, 5.74) is 8.36. The Balaban J connectivity index is 1.38. The second-order valence-electron chi connectivity index (χ2n) is 7.03. The van der Waals surface area contributed by atoms with Gasteiger partial charge in [-0.2, -0.15) is 10.2 Å². The molecule has 0 atom stereocenters. The topological polar surface area (TPSA) is 70.1 Å². The number of H-pyrrole nitrogens is 1. The fourth-order valence-corrected chi connectivity index (χ4v) is 4.09. The van der Waals surface area contributed by atoms with Gasteiger partial charge in [-0.05, 0) is 58.5 Å². The van der Waals surface area contributed by atoms with E-state index in [2.05, 4.69) is 67.0 Å². The Morgan fingerprint density at radius 3 is 2.69 bits per heavy atom. The van der Waals surface area contributed by atoms with Crippen LogP contribution in [0.25, 0.3) is 22.0 Å². The van der Waals surface area contributed by atoms with Gasteiger partial charge in [0, 0.05) is 10.0 Å². The third-order valence-electron chi connectivity index (χ3n) is 5.23. The normalized spacial score (nSPS) is 12.7. The number of aromatic nitrogens is 2. The van der Waals surface area contributed by atoms with Crippen molar-refractivity contribution >= 4 is 38.8 Å². The molecule has 1 amide bonds. The molecule has 0 unspecified atom stereocenters. The largest absolute Gasteiger partial charge is 0.289 e. The predicted molar refractivity (Wildman–Crippen MR) is 118 cm³/mol. The van der Waals surface area contributed by atoms with E-state index in [1.54, 1.807) is 12.3 Å². The number of halogens is 1. The van der Waals surface area contributed by atoms with Gasteiger partial charge in [-0.15, -0.1) is 0 Å². The maximum atomic E-state index is 12.4. The first-order valence-electron chi connectivity index (χ1n) is 9.37. The van der Waals surface area contributed by atoms with Crippen LogP contribution < -0.4 is 5.43 Å². The van der Waals surface area contributed by atoms with Crippen LogP contribution in [0.5, 0.6) is 0 Å². The second kappa shape index (κ2) is 7.29. The molecule has 5 rings (SSSR count). The molecule has 1 heterocycles. The molecule has 142 valence electrons.